The second-order valence-electron chi connectivity index (χ2n) is 5.00. The van der Waals surface area contributed by atoms with Crippen LogP contribution in [0.15, 0.2) is 30.3 Å². The third kappa shape index (κ3) is 7.14. The first-order chi connectivity index (χ1) is 9.59. The molecule has 0 aliphatic carbocycles. The van der Waals surface area contributed by atoms with E-state index in [2.05, 4.69) is 0 Å². The lowest BCUT2D eigenvalue weighted by atomic mass is 10.3. The van der Waals surface area contributed by atoms with Crippen molar-refractivity contribution in [3.8, 4) is 5.75 Å². The van der Waals surface area contributed by atoms with E-state index in [0.717, 1.165) is 12.2 Å². The molecule has 1 rings (SSSR count). The van der Waals surface area contributed by atoms with Gasteiger partial charge in [-0.1, -0.05) is 18.2 Å². The predicted molar refractivity (Wildman–Crippen MR) is 79.9 cm³/mol. The van der Waals surface area contributed by atoms with E-state index < -0.39 is 0 Å². The van der Waals surface area contributed by atoms with Gasteiger partial charge >= 0.3 is 0 Å². The van der Waals surface area contributed by atoms with Gasteiger partial charge in [0.2, 0.25) is 5.91 Å². The van der Waals surface area contributed by atoms with Crippen molar-refractivity contribution in [2.75, 3.05) is 26.8 Å². The van der Waals surface area contributed by atoms with Gasteiger partial charge in [-0.05, 0) is 32.4 Å². The van der Waals surface area contributed by atoms with Crippen molar-refractivity contribution < 1.29 is 14.3 Å². The molecule has 20 heavy (non-hydrogen) atoms. The summed E-state index contributed by atoms with van der Waals surface area (Å²) in [6, 6.07) is 9.70. The molecule has 0 unspecified atom stereocenters. The van der Waals surface area contributed by atoms with Gasteiger partial charge in [0.1, 0.15) is 5.75 Å². The number of benzene rings is 1. The van der Waals surface area contributed by atoms with Crippen molar-refractivity contribution in [3.05, 3.63) is 30.3 Å². The van der Waals surface area contributed by atoms with Crippen LogP contribution in [0.25, 0.3) is 0 Å². The van der Waals surface area contributed by atoms with Crippen LogP contribution < -0.4 is 4.74 Å². The molecule has 0 aliphatic rings. The van der Waals surface area contributed by atoms with Crippen LogP contribution in [-0.4, -0.2) is 43.7 Å². The Morgan fingerprint density at radius 2 is 1.90 bits per heavy atom. The molecular weight excluding hydrogens is 254 g/mol. The first-order valence-corrected chi connectivity index (χ1v) is 7.13. The molecule has 112 valence electrons. The van der Waals surface area contributed by atoms with E-state index >= 15 is 0 Å². The molecule has 1 aromatic carbocycles. The van der Waals surface area contributed by atoms with Gasteiger partial charge in [-0.25, -0.2) is 0 Å². The van der Waals surface area contributed by atoms with E-state index in [0.29, 0.717) is 26.2 Å². The van der Waals surface area contributed by atoms with Crippen molar-refractivity contribution >= 4 is 5.91 Å². The lowest BCUT2D eigenvalue weighted by Crippen LogP contribution is -2.29. The molecule has 0 fully saturated rings. The topological polar surface area (TPSA) is 38.8 Å². The number of para-hydroxylation sites is 1. The summed E-state index contributed by atoms with van der Waals surface area (Å²) in [7, 11) is 1.82. The fourth-order valence-corrected chi connectivity index (χ4v) is 1.71. The lowest BCUT2D eigenvalue weighted by Gasteiger charge is -2.17. The van der Waals surface area contributed by atoms with Crippen molar-refractivity contribution in [1.29, 1.82) is 0 Å². The Bertz CT molecular complexity index is 379. The van der Waals surface area contributed by atoms with Crippen LogP contribution in [0.3, 0.4) is 0 Å². The highest BCUT2D eigenvalue weighted by atomic mass is 16.5. The Morgan fingerprint density at radius 3 is 2.55 bits per heavy atom. The Morgan fingerprint density at radius 1 is 1.20 bits per heavy atom. The van der Waals surface area contributed by atoms with Crippen LogP contribution in [0, 0.1) is 0 Å². The van der Waals surface area contributed by atoms with Crippen LogP contribution in [-0.2, 0) is 9.53 Å². The molecule has 0 radical (unpaired) electrons. The third-order valence-electron chi connectivity index (χ3n) is 2.84. The summed E-state index contributed by atoms with van der Waals surface area (Å²) in [5, 5.41) is 0. The van der Waals surface area contributed by atoms with Gasteiger partial charge in [0, 0.05) is 13.6 Å². The highest BCUT2D eigenvalue weighted by molar-refractivity contribution is 5.75. The Kier molecular flexibility index (Phi) is 7.73. The Balaban J connectivity index is 2.10. The van der Waals surface area contributed by atoms with Crippen LogP contribution >= 0.6 is 0 Å². The van der Waals surface area contributed by atoms with Gasteiger partial charge in [-0.2, -0.15) is 0 Å². The zero-order chi connectivity index (χ0) is 14.8. The van der Waals surface area contributed by atoms with Gasteiger partial charge < -0.3 is 14.4 Å². The minimum atomic E-state index is 0.116. The van der Waals surface area contributed by atoms with Crippen molar-refractivity contribution in [3.63, 3.8) is 0 Å². The maximum Gasteiger partial charge on any atom is 0.224 e. The SMILES string of the molecule is CC(C)OCCC(=O)N(C)CCCOc1ccccc1. The summed E-state index contributed by atoms with van der Waals surface area (Å²) in [5.74, 6) is 0.983. The van der Waals surface area contributed by atoms with Gasteiger partial charge in [-0.3, -0.25) is 4.79 Å². The van der Waals surface area contributed by atoms with Crippen LogP contribution in [0.5, 0.6) is 5.75 Å². The number of hydrogen-bond acceptors (Lipinski definition) is 3. The zero-order valence-electron chi connectivity index (χ0n) is 12.7. The molecule has 0 aliphatic heterocycles. The van der Waals surface area contributed by atoms with E-state index in [-0.39, 0.29) is 12.0 Å². The molecular formula is C16H25NO3. The van der Waals surface area contributed by atoms with Crippen molar-refractivity contribution in [1.82, 2.24) is 4.90 Å². The van der Waals surface area contributed by atoms with Gasteiger partial charge in [0.15, 0.2) is 0 Å². The first kappa shape index (κ1) is 16.5. The molecule has 0 spiro atoms. The van der Waals surface area contributed by atoms with Crippen LogP contribution in [0.4, 0.5) is 0 Å². The smallest absolute Gasteiger partial charge is 0.224 e. The van der Waals surface area contributed by atoms with Crippen molar-refractivity contribution in [2.45, 2.75) is 32.8 Å². The number of carbonyl (C=O) groups is 1. The monoisotopic (exact) mass is 279 g/mol. The van der Waals surface area contributed by atoms with E-state index in [1.54, 1.807) is 4.90 Å². The van der Waals surface area contributed by atoms with Crippen molar-refractivity contribution in [2.24, 2.45) is 0 Å². The fraction of sp³-hybridized carbons (Fsp3) is 0.562. The highest BCUT2D eigenvalue weighted by Crippen LogP contribution is 2.08. The summed E-state index contributed by atoms with van der Waals surface area (Å²) >= 11 is 0. The van der Waals surface area contributed by atoms with E-state index in [1.165, 1.54) is 0 Å². The summed E-state index contributed by atoms with van der Waals surface area (Å²) in [5.41, 5.74) is 0. The van der Waals surface area contributed by atoms with Gasteiger partial charge in [0.05, 0.1) is 25.7 Å². The number of amides is 1. The van der Waals surface area contributed by atoms with E-state index in [4.69, 9.17) is 9.47 Å². The van der Waals surface area contributed by atoms with Gasteiger partial charge in [0.25, 0.3) is 0 Å². The third-order valence-corrected chi connectivity index (χ3v) is 2.84. The summed E-state index contributed by atoms with van der Waals surface area (Å²) in [6.07, 6.45) is 1.43. The Labute approximate surface area is 121 Å². The van der Waals surface area contributed by atoms with Crippen LogP contribution in [0.1, 0.15) is 26.7 Å². The lowest BCUT2D eigenvalue weighted by molar-refractivity contribution is -0.131. The second-order valence-corrected chi connectivity index (χ2v) is 5.00. The molecule has 0 aromatic heterocycles. The number of rotatable bonds is 9. The van der Waals surface area contributed by atoms with E-state index in [9.17, 15) is 4.79 Å². The maximum absolute atomic E-state index is 11.8. The summed E-state index contributed by atoms with van der Waals surface area (Å²) in [6.45, 7) is 5.74. The summed E-state index contributed by atoms with van der Waals surface area (Å²) in [4.78, 5) is 13.5. The zero-order valence-corrected chi connectivity index (χ0v) is 12.7. The molecule has 0 heterocycles. The average molecular weight is 279 g/mol. The summed E-state index contributed by atoms with van der Waals surface area (Å²) < 4.78 is 11.0. The quantitative estimate of drug-likeness (QED) is 0.652. The molecule has 0 atom stereocenters. The largest absolute Gasteiger partial charge is 0.494 e. The highest BCUT2D eigenvalue weighted by Gasteiger charge is 2.08. The van der Waals surface area contributed by atoms with Gasteiger partial charge in [-0.15, -0.1) is 0 Å². The molecule has 1 amide bonds. The molecule has 0 bridgehead atoms. The Hall–Kier alpha value is -1.55. The number of carbonyl (C=O) groups excluding carboxylic acids is 1. The minimum absolute atomic E-state index is 0.116. The number of nitrogens with zero attached hydrogens (tertiary/aromatic N) is 1. The maximum atomic E-state index is 11.8. The molecule has 4 heteroatoms. The minimum Gasteiger partial charge on any atom is -0.494 e. The average Bonchev–Trinajstić information content (AvgIpc) is 2.44. The normalized spacial score (nSPS) is 10.6. The molecule has 0 saturated heterocycles. The van der Waals surface area contributed by atoms with E-state index in [1.807, 2.05) is 51.2 Å². The standard InChI is InChI=1S/C16H25NO3/c1-14(2)19-13-10-16(18)17(3)11-7-12-20-15-8-5-4-6-9-15/h4-6,8-9,14H,7,10-13H2,1-3H3. The first-order valence-electron chi connectivity index (χ1n) is 7.13. The molecule has 4 nitrogen and oxygen atoms in total. The molecule has 1 aromatic rings. The number of ether oxygens (including phenoxy) is 2. The van der Waals surface area contributed by atoms with Crippen LogP contribution in [0.2, 0.25) is 0 Å². The molecule has 0 saturated carbocycles. The number of hydrogen-bond donors (Lipinski definition) is 0. The fourth-order valence-electron chi connectivity index (χ4n) is 1.71. The molecule has 0 N–H and O–H groups in total. The predicted octanol–water partition coefficient (Wildman–Crippen LogP) is 2.73. The second kappa shape index (κ2) is 9.37.